The van der Waals surface area contributed by atoms with Gasteiger partial charge in [-0.25, -0.2) is 4.98 Å². The Hall–Kier alpha value is -1.56. The number of aliphatic hydroxyl groups is 1. The fourth-order valence-electron chi connectivity index (χ4n) is 2.34. The van der Waals surface area contributed by atoms with Gasteiger partial charge in [-0.2, -0.15) is 4.98 Å². The Morgan fingerprint density at radius 3 is 2.94 bits per heavy atom. The van der Waals surface area contributed by atoms with Crippen LogP contribution in [0.5, 0.6) is 5.88 Å². The molecule has 2 atom stereocenters. The van der Waals surface area contributed by atoms with Crippen LogP contribution in [-0.2, 0) is 0 Å². The van der Waals surface area contributed by atoms with E-state index in [1.807, 2.05) is 0 Å². The molecule has 1 aromatic heterocycles. The van der Waals surface area contributed by atoms with E-state index in [0.717, 1.165) is 19.3 Å². The summed E-state index contributed by atoms with van der Waals surface area (Å²) in [7, 11) is 1.52. The molecule has 1 fully saturated rings. The molecule has 1 aliphatic rings. The SMILES string of the molecule is COc1ncnc(NCC2CCCCC2O)c1N. The number of nitrogens with one attached hydrogen (secondary N) is 1. The first-order valence-corrected chi connectivity index (χ1v) is 6.28. The molecule has 4 N–H and O–H groups in total. The summed E-state index contributed by atoms with van der Waals surface area (Å²) in [6.45, 7) is 0.672. The number of hydrogen-bond acceptors (Lipinski definition) is 6. The van der Waals surface area contributed by atoms with Gasteiger partial charge in [0.15, 0.2) is 5.82 Å². The van der Waals surface area contributed by atoms with E-state index in [0.29, 0.717) is 23.9 Å². The molecule has 6 heteroatoms. The number of ether oxygens (including phenoxy) is 1. The number of nitrogen functional groups attached to an aromatic ring is 1. The van der Waals surface area contributed by atoms with E-state index in [1.54, 1.807) is 0 Å². The van der Waals surface area contributed by atoms with Crippen molar-refractivity contribution < 1.29 is 9.84 Å². The summed E-state index contributed by atoms with van der Waals surface area (Å²) in [5.41, 5.74) is 6.28. The molecule has 0 aliphatic heterocycles. The van der Waals surface area contributed by atoms with Crippen LogP contribution in [0.2, 0.25) is 0 Å². The Balaban J connectivity index is 1.97. The van der Waals surface area contributed by atoms with Gasteiger partial charge < -0.3 is 20.9 Å². The molecule has 0 radical (unpaired) electrons. The van der Waals surface area contributed by atoms with Gasteiger partial charge >= 0.3 is 0 Å². The quantitative estimate of drug-likeness (QED) is 0.741. The lowest BCUT2D eigenvalue weighted by Gasteiger charge is -2.27. The second kappa shape index (κ2) is 5.86. The van der Waals surface area contributed by atoms with Crippen molar-refractivity contribution in [3.63, 3.8) is 0 Å². The van der Waals surface area contributed by atoms with Crippen molar-refractivity contribution in [2.24, 2.45) is 5.92 Å². The van der Waals surface area contributed by atoms with Gasteiger partial charge in [-0.1, -0.05) is 12.8 Å². The zero-order valence-corrected chi connectivity index (χ0v) is 10.6. The van der Waals surface area contributed by atoms with E-state index in [4.69, 9.17) is 10.5 Å². The van der Waals surface area contributed by atoms with E-state index in [2.05, 4.69) is 15.3 Å². The predicted molar refractivity (Wildman–Crippen MR) is 69.5 cm³/mol. The maximum Gasteiger partial charge on any atom is 0.242 e. The maximum atomic E-state index is 9.89. The molecule has 0 bridgehead atoms. The van der Waals surface area contributed by atoms with Crippen LogP contribution in [0.4, 0.5) is 11.5 Å². The number of hydrogen-bond donors (Lipinski definition) is 3. The van der Waals surface area contributed by atoms with Crippen LogP contribution in [0.25, 0.3) is 0 Å². The van der Waals surface area contributed by atoms with Gasteiger partial charge in [-0.3, -0.25) is 0 Å². The number of nitrogens with zero attached hydrogens (tertiary/aromatic N) is 2. The predicted octanol–water partition coefficient (Wildman–Crippen LogP) is 1.03. The third kappa shape index (κ3) is 2.81. The average molecular weight is 252 g/mol. The fourth-order valence-corrected chi connectivity index (χ4v) is 2.34. The van der Waals surface area contributed by atoms with Gasteiger partial charge in [0.1, 0.15) is 12.0 Å². The highest BCUT2D eigenvalue weighted by Gasteiger charge is 2.23. The molecule has 1 saturated carbocycles. The van der Waals surface area contributed by atoms with Crippen molar-refractivity contribution in [2.45, 2.75) is 31.8 Å². The minimum Gasteiger partial charge on any atom is -0.479 e. The summed E-state index contributed by atoms with van der Waals surface area (Å²) < 4.78 is 5.03. The smallest absolute Gasteiger partial charge is 0.242 e. The Morgan fingerprint density at radius 2 is 2.22 bits per heavy atom. The number of rotatable bonds is 4. The van der Waals surface area contributed by atoms with Crippen LogP contribution in [0.15, 0.2) is 6.33 Å². The van der Waals surface area contributed by atoms with Crippen LogP contribution in [0.1, 0.15) is 25.7 Å². The third-order valence-electron chi connectivity index (χ3n) is 3.44. The third-order valence-corrected chi connectivity index (χ3v) is 3.44. The standard InChI is InChI=1S/C12H20N4O2/c1-18-12-10(13)11(15-7-16-12)14-6-8-4-2-3-5-9(8)17/h7-9,17H,2-6,13H2,1H3,(H,14,15,16). The Kier molecular flexibility index (Phi) is 4.19. The molecular weight excluding hydrogens is 232 g/mol. The minimum atomic E-state index is -0.226. The van der Waals surface area contributed by atoms with Gasteiger partial charge in [0, 0.05) is 12.5 Å². The van der Waals surface area contributed by atoms with E-state index < -0.39 is 0 Å². The number of anilines is 2. The van der Waals surface area contributed by atoms with Crippen molar-refractivity contribution in [1.29, 1.82) is 0 Å². The lowest BCUT2D eigenvalue weighted by atomic mass is 9.86. The molecule has 6 nitrogen and oxygen atoms in total. The van der Waals surface area contributed by atoms with E-state index in [1.165, 1.54) is 19.9 Å². The summed E-state index contributed by atoms with van der Waals surface area (Å²) in [5, 5.41) is 13.1. The summed E-state index contributed by atoms with van der Waals surface area (Å²) >= 11 is 0. The molecule has 1 aliphatic carbocycles. The van der Waals surface area contributed by atoms with Crippen LogP contribution in [-0.4, -0.2) is 34.8 Å². The zero-order chi connectivity index (χ0) is 13.0. The summed E-state index contributed by atoms with van der Waals surface area (Å²) in [5.74, 6) is 1.20. The maximum absolute atomic E-state index is 9.89. The van der Waals surface area contributed by atoms with Crippen LogP contribution in [0.3, 0.4) is 0 Å². The molecule has 18 heavy (non-hydrogen) atoms. The first kappa shape index (κ1) is 12.9. The number of nitrogens with two attached hydrogens (primary N) is 1. The molecule has 1 heterocycles. The molecule has 2 unspecified atom stereocenters. The molecular formula is C12H20N4O2. The molecule has 0 aromatic carbocycles. The highest BCUT2D eigenvalue weighted by atomic mass is 16.5. The molecule has 0 amide bonds. The number of aliphatic hydroxyl groups excluding tert-OH is 1. The van der Waals surface area contributed by atoms with Crippen molar-refractivity contribution >= 4 is 11.5 Å². The molecule has 1 aromatic rings. The van der Waals surface area contributed by atoms with E-state index in [9.17, 15) is 5.11 Å². The first-order chi connectivity index (χ1) is 8.72. The first-order valence-electron chi connectivity index (χ1n) is 6.28. The minimum absolute atomic E-state index is 0.226. The second-order valence-corrected chi connectivity index (χ2v) is 4.64. The lowest BCUT2D eigenvalue weighted by Crippen LogP contribution is -2.30. The normalized spacial score (nSPS) is 23.7. The van der Waals surface area contributed by atoms with Crippen LogP contribution in [0, 0.1) is 5.92 Å². The molecule has 0 spiro atoms. The van der Waals surface area contributed by atoms with Crippen LogP contribution < -0.4 is 15.8 Å². The highest BCUT2D eigenvalue weighted by Crippen LogP contribution is 2.27. The summed E-state index contributed by atoms with van der Waals surface area (Å²) in [4.78, 5) is 8.01. The lowest BCUT2D eigenvalue weighted by molar-refractivity contribution is 0.0763. The van der Waals surface area contributed by atoms with Crippen LogP contribution >= 0.6 is 0 Å². The van der Waals surface area contributed by atoms with Crippen molar-refractivity contribution in [1.82, 2.24) is 9.97 Å². The Labute approximate surface area is 107 Å². The molecule has 100 valence electrons. The van der Waals surface area contributed by atoms with Crippen molar-refractivity contribution in [3.8, 4) is 5.88 Å². The van der Waals surface area contributed by atoms with Crippen molar-refractivity contribution in [3.05, 3.63) is 6.33 Å². The highest BCUT2D eigenvalue weighted by molar-refractivity contribution is 5.66. The number of aromatic nitrogens is 2. The van der Waals surface area contributed by atoms with E-state index in [-0.39, 0.29) is 12.0 Å². The molecule has 0 saturated heterocycles. The fraction of sp³-hybridized carbons (Fsp3) is 0.667. The van der Waals surface area contributed by atoms with Gasteiger partial charge in [0.25, 0.3) is 0 Å². The Bertz CT molecular complexity index is 400. The van der Waals surface area contributed by atoms with Gasteiger partial charge in [-0.15, -0.1) is 0 Å². The molecule has 2 rings (SSSR count). The van der Waals surface area contributed by atoms with Crippen molar-refractivity contribution in [2.75, 3.05) is 24.7 Å². The average Bonchev–Trinajstić information content (AvgIpc) is 2.39. The summed E-state index contributed by atoms with van der Waals surface area (Å²) in [6.07, 6.45) is 5.39. The van der Waals surface area contributed by atoms with E-state index >= 15 is 0 Å². The topological polar surface area (TPSA) is 93.3 Å². The monoisotopic (exact) mass is 252 g/mol. The largest absolute Gasteiger partial charge is 0.479 e. The van der Waals surface area contributed by atoms with Gasteiger partial charge in [0.2, 0.25) is 5.88 Å². The van der Waals surface area contributed by atoms with Gasteiger partial charge in [0.05, 0.1) is 13.2 Å². The zero-order valence-electron chi connectivity index (χ0n) is 10.6. The second-order valence-electron chi connectivity index (χ2n) is 4.64. The Morgan fingerprint density at radius 1 is 1.44 bits per heavy atom. The number of methoxy groups -OCH3 is 1. The van der Waals surface area contributed by atoms with Gasteiger partial charge in [-0.05, 0) is 12.8 Å². The summed E-state index contributed by atoms with van der Waals surface area (Å²) in [6, 6.07) is 0.